The van der Waals surface area contributed by atoms with E-state index < -0.39 is 6.11 Å². The molecule has 1 heterocycles. The van der Waals surface area contributed by atoms with Crippen LogP contribution in [0, 0.1) is 0 Å². The van der Waals surface area contributed by atoms with Gasteiger partial charge in [-0.15, -0.1) is 0 Å². The summed E-state index contributed by atoms with van der Waals surface area (Å²) < 4.78 is 43.6. The van der Waals surface area contributed by atoms with Crippen LogP contribution in [0.15, 0.2) is 34.9 Å². The summed E-state index contributed by atoms with van der Waals surface area (Å²) in [6.07, 6.45) is 5.44. The molecule has 1 aliphatic rings. The zero-order valence-electron chi connectivity index (χ0n) is 19.1. The molecule has 9 heteroatoms. The number of allylic oxidation sites excluding steroid dienone is 5. The van der Waals surface area contributed by atoms with Crippen LogP contribution in [0.1, 0.15) is 58.7 Å². The van der Waals surface area contributed by atoms with Crippen molar-refractivity contribution >= 4 is 17.3 Å². The van der Waals surface area contributed by atoms with E-state index in [0.29, 0.717) is 26.2 Å². The molecule has 2 rings (SSSR count). The zero-order valence-corrected chi connectivity index (χ0v) is 19.8. The van der Waals surface area contributed by atoms with Crippen LogP contribution in [0.25, 0.3) is 5.70 Å². The van der Waals surface area contributed by atoms with Crippen molar-refractivity contribution in [3.63, 3.8) is 0 Å². The lowest BCUT2D eigenvalue weighted by Gasteiger charge is -2.29. The van der Waals surface area contributed by atoms with Crippen molar-refractivity contribution in [2.45, 2.75) is 59.1 Å². The predicted molar refractivity (Wildman–Crippen MR) is 120 cm³/mol. The van der Waals surface area contributed by atoms with Crippen molar-refractivity contribution in [2.75, 3.05) is 20.3 Å². The van der Waals surface area contributed by atoms with Gasteiger partial charge >= 0.3 is 6.11 Å². The van der Waals surface area contributed by atoms with Gasteiger partial charge in [0.25, 0.3) is 5.56 Å². The maximum absolute atomic E-state index is 13.1. The van der Waals surface area contributed by atoms with Gasteiger partial charge in [-0.05, 0) is 57.5 Å². The van der Waals surface area contributed by atoms with E-state index in [1.165, 1.54) is 10.8 Å². The van der Waals surface area contributed by atoms with Gasteiger partial charge in [0.15, 0.2) is 0 Å². The molecule has 31 heavy (non-hydrogen) atoms. The number of rotatable bonds is 9. The van der Waals surface area contributed by atoms with E-state index in [9.17, 15) is 18.0 Å². The van der Waals surface area contributed by atoms with Crippen molar-refractivity contribution in [3.05, 3.63) is 51.1 Å². The Labute approximate surface area is 187 Å². The summed E-state index contributed by atoms with van der Waals surface area (Å²) in [4.78, 5) is 15.2. The summed E-state index contributed by atoms with van der Waals surface area (Å²) in [5.41, 5.74) is 0.969. The summed E-state index contributed by atoms with van der Waals surface area (Å²) in [5.74, 6) is 0.0581. The number of halogens is 4. The second kappa shape index (κ2) is 12.2. The predicted octanol–water partition coefficient (Wildman–Crippen LogP) is 5.92. The molecule has 1 atom stereocenters. The average Bonchev–Trinajstić information content (AvgIpc) is 2.84. The van der Waals surface area contributed by atoms with Crippen LogP contribution in [0.4, 0.5) is 13.2 Å². The molecule has 0 amide bonds. The second-order valence-corrected chi connectivity index (χ2v) is 7.64. The first kappa shape index (κ1) is 27.1. The lowest BCUT2D eigenvalue weighted by molar-refractivity contribution is -0.195. The SMILES string of the molecule is CCCN(CCC)C(C)c1c(Cl)c(=O)n(C2=CCC=C(OC(C)(F)F)C=C2)n1C.CF. The number of nitrogens with zero attached hydrogens (tertiary/aromatic N) is 3. The Morgan fingerprint density at radius 1 is 1.19 bits per heavy atom. The number of hydrogen-bond acceptors (Lipinski definition) is 3. The minimum atomic E-state index is -3.27. The molecule has 0 aliphatic heterocycles. The van der Waals surface area contributed by atoms with Gasteiger partial charge in [-0.3, -0.25) is 18.8 Å². The van der Waals surface area contributed by atoms with Crippen LogP contribution >= 0.6 is 11.6 Å². The second-order valence-electron chi connectivity index (χ2n) is 7.27. The van der Waals surface area contributed by atoms with Crippen molar-refractivity contribution in [2.24, 2.45) is 7.05 Å². The van der Waals surface area contributed by atoms with Crippen LogP contribution in [0.5, 0.6) is 0 Å². The fourth-order valence-electron chi connectivity index (χ4n) is 3.62. The molecule has 1 aromatic heterocycles. The van der Waals surface area contributed by atoms with Gasteiger partial charge in [0, 0.05) is 14.0 Å². The first-order chi connectivity index (χ1) is 14.6. The normalized spacial score (nSPS) is 15.1. The molecule has 0 N–H and O–H groups in total. The molecule has 0 saturated carbocycles. The maximum atomic E-state index is 13.1. The Morgan fingerprint density at radius 3 is 2.29 bits per heavy atom. The molecule has 0 aromatic carbocycles. The van der Waals surface area contributed by atoms with E-state index in [0.717, 1.165) is 31.6 Å². The van der Waals surface area contributed by atoms with Crippen LogP contribution in [-0.2, 0) is 11.8 Å². The number of alkyl halides is 3. The van der Waals surface area contributed by atoms with Gasteiger partial charge in [0.2, 0.25) is 0 Å². The maximum Gasteiger partial charge on any atom is 0.394 e. The van der Waals surface area contributed by atoms with Crippen molar-refractivity contribution in [1.29, 1.82) is 0 Å². The Morgan fingerprint density at radius 2 is 1.77 bits per heavy atom. The van der Waals surface area contributed by atoms with Crippen molar-refractivity contribution in [1.82, 2.24) is 14.3 Å². The first-order valence-electron chi connectivity index (χ1n) is 10.4. The Kier molecular flexibility index (Phi) is 10.7. The minimum absolute atomic E-state index is 0.0347. The van der Waals surface area contributed by atoms with Gasteiger partial charge in [-0.1, -0.05) is 31.5 Å². The molecular weight excluding hydrogens is 431 g/mol. The quantitative estimate of drug-likeness (QED) is 0.456. The summed E-state index contributed by atoms with van der Waals surface area (Å²) in [7, 11) is 2.29. The van der Waals surface area contributed by atoms with Gasteiger partial charge in [-0.2, -0.15) is 8.78 Å². The standard InChI is InChI=1S/C21H30ClF2N3O2.CH3F/c1-6-13-26(14-7-2)15(3)19-18(22)20(28)27(25(19)5)16-9-8-10-17(12-11-16)29-21(4,23)24;1-2/h9-12,15H,6-8,13-14H2,1-5H3;1H3. The first-order valence-corrected chi connectivity index (χ1v) is 10.7. The summed E-state index contributed by atoms with van der Waals surface area (Å²) >= 11 is 6.47. The Balaban J connectivity index is 0.00000233. The molecule has 0 fully saturated rings. The minimum Gasteiger partial charge on any atom is -0.433 e. The van der Waals surface area contributed by atoms with E-state index in [1.807, 2.05) is 6.92 Å². The highest BCUT2D eigenvalue weighted by atomic mass is 35.5. The van der Waals surface area contributed by atoms with Crippen LogP contribution in [0.3, 0.4) is 0 Å². The van der Waals surface area contributed by atoms with Crippen LogP contribution in [-0.4, -0.2) is 40.6 Å². The highest BCUT2D eigenvalue weighted by molar-refractivity contribution is 6.31. The van der Waals surface area contributed by atoms with E-state index in [4.69, 9.17) is 11.6 Å². The summed E-state index contributed by atoms with van der Waals surface area (Å²) in [6.45, 7) is 8.79. The molecule has 1 unspecified atom stereocenters. The molecule has 0 bridgehead atoms. The summed E-state index contributed by atoms with van der Waals surface area (Å²) in [5, 5.41) is 0.181. The molecule has 1 aliphatic carbocycles. The fraction of sp³-hybridized carbons (Fsp3) is 0.591. The molecule has 0 saturated heterocycles. The van der Waals surface area contributed by atoms with Crippen molar-refractivity contribution < 1.29 is 17.9 Å². The molecule has 5 nitrogen and oxygen atoms in total. The molecule has 176 valence electrons. The van der Waals surface area contributed by atoms with Gasteiger partial charge in [0.1, 0.15) is 10.8 Å². The van der Waals surface area contributed by atoms with E-state index in [-0.39, 0.29) is 22.4 Å². The number of hydrogen-bond donors (Lipinski definition) is 0. The van der Waals surface area contributed by atoms with E-state index >= 15 is 0 Å². The lowest BCUT2D eigenvalue weighted by atomic mass is 10.2. The number of ether oxygens (including phenoxy) is 1. The zero-order chi connectivity index (χ0) is 23.8. The molecular formula is C22H33ClF3N3O2. The topological polar surface area (TPSA) is 39.4 Å². The highest BCUT2D eigenvalue weighted by Crippen LogP contribution is 2.28. The smallest absolute Gasteiger partial charge is 0.394 e. The highest BCUT2D eigenvalue weighted by Gasteiger charge is 2.27. The molecule has 1 aromatic rings. The molecule has 0 spiro atoms. The van der Waals surface area contributed by atoms with Crippen molar-refractivity contribution in [3.8, 4) is 0 Å². The third kappa shape index (κ3) is 7.04. The monoisotopic (exact) mass is 463 g/mol. The van der Waals surface area contributed by atoms with Gasteiger partial charge in [0.05, 0.1) is 24.6 Å². The Bertz CT molecular complexity index is 861. The van der Waals surface area contributed by atoms with E-state index in [2.05, 4.69) is 23.5 Å². The van der Waals surface area contributed by atoms with Crippen LogP contribution < -0.4 is 5.56 Å². The number of aromatic nitrogens is 2. The fourth-order valence-corrected chi connectivity index (χ4v) is 3.98. The Hall–Kier alpha value is -1.93. The average molecular weight is 464 g/mol. The van der Waals surface area contributed by atoms with Gasteiger partial charge < -0.3 is 4.74 Å². The lowest BCUT2D eigenvalue weighted by Crippen LogP contribution is -2.30. The molecule has 0 radical (unpaired) electrons. The summed E-state index contributed by atoms with van der Waals surface area (Å²) in [6, 6.07) is -0.0347. The third-order valence-electron chi connectivity index (χ3n) is 4.82. The van der Waals surface area contributed by atoms with Gasteiger partial charge in [-0.25, -0.2) is 4.68 Å². The largest absolute Gasteiger partial charge is 0.433 e. The van der Waals surface area contributed by atoms with Crippen LogP contribution in [0.2, 0.25) is 5.02 Å². The third-order valence-corrected chi connectivity index (χ3v) is 5.18. The van der Waals surface area contributed by atoms with E-state index in [1.54, 1.807) is 30.0 Å².